The van der Waals surface area contributed by atoms with Crippen LogP contribution in [0.1, 0.15) is 34.0 Å². The van der Waals surface area contributed by atoms with E-state index in [1.165, 1.54) is 0 Å². The first-order valence-electron chi connectivity index (χ1n) is 11.1. The van der Waals surface area contributed by atoms with Gasteiger partial charge in [-0.3, -0.25) is 0 Å². The lowest BCUT2D eigenvalue weighted by Crippen LogP contribution is -2.06. The lowest BCUT2D eigenvalue weighted by Gasteiger charge is -2.19. The predicted molar refractivity (Wildman–Crippen MR) is 131 cm³/mol. The molecular formula is C29H26N2O2. The zero-order valence-corrected chi connectivity index (χ0v) is 18.3. The van der Waals surface area contributed by atoms with E-state index in [9.17, 15) is 0 Å². The first kappa shape index (κ1) is 20.7. The van der Waals surface area contributed by atoms with Crippen molar-refractivity contribution in [3.63, 3.8) is 0 Å². The van der Waals surface area contributed by atoms with Crippen molar-refractivity contribution in [2.24, 2.45) is 0 Å². The first-order chi connectivity index (χ1) is 16.4. The zero-order chi connectivity index (χ0) is 22.3. The van der Waals surface area contributed by atoms with Gasteiger partial charge < -0.3 is 19.4 Å². The highest BCUT2D eigenvalue weighted by molar-refractivity contribution is 5.48. The third kappa shape index (κ3) is 5.01. The second-order valence-electron chi connectivity index (χ2n) is 7.94. The summed E-state index contributed by atoms with van der Waals surface area (Å²) in [6.07, 6.45) is 3.91. The van der Waals surface area contributed by atoms with Crippen molar-refractivity contribution in [1.82, 2.24) is 9.97 Å². The van der Waals surface area contributed by atoms with E-state index in [4.69, 9.17) is 9.47 Å². The lowest BCUT2D eigenvalue weighted by atomic mass is 9.92. The van der Waals surface area contributed by atoms with E-state index in [0.29, 0.717) is 13.2 Å². The average Bonchev–Trinajstić information content (AvgIpc) is 3.59. The number of aromatic amines is 2. The van der Waals surface area contributed by atoms with Crippen LogP contribution in [0.25, 0.3) is 0 Å². The van der Waals surface area contributed by atoms with Crippen molar-refractivity contribution < 1.29 is 9.47 Å². The SMILES string of the molecule is c1ccc(COc2ccc(C(c3ccc[nH]3)c3ccc[nH]3)cc2OCc2ccccc2)cc1. The standard InChI is InChI=1S/C29H26N2O2/c1-3-9-22(10-4-1)20-32-27-16-15-24(19-28(27)33-21-23-11-5-2-6-12-23)29(25-13-7-17-30-25)26-14-8-18-31-26/h1-19,29-31H,20-21H2. The van der Waals surface area contributed by atoms with Gasteiger partial charge in [-0.1, -0.05) is 66.7 Å². The molecule has 4 heteroatoms. The molecular weight excluding hydrogens is 408 g/mol. The molecule has 2 aromatic heterocycles. The molecule has 2 N–H and O–H groups in total. The van der Waals surface area contributed by atoms with E-state index in [1.807, 2.05) is 67.0 Å². The van der Waals surface area contributed by atoms with Gasteiger partial charge in [0.2, 0.25) is 0 Å². The van der Waals surface area contributed by atoms with Crippen LogP contribution in [-0.2, 0) is 13.2 Å². The second kappa shape index (κ2) is 9.96. The summed E-state index contributed by atoms with van der Waals surface area (Å²) in [6.45, 7) is 0.959. The molecule has 0 aliphatic heterocycles. The van der Waals surface area contributed by atoms with Crippen molar-refractivity contribution in [3.8, 4) is 11.5 Å². The molecule has 0 saturated heterocycles. The summed E-state index contributed by atoms with van der Waals surface area (Å²) >= 11 is 0. The van der Waals surface area contributed by atoms with Crippen LogP contribution in [0.15, 0.2) is 116 Å². The van der Waals surface area contributed by atoms with Crippen molar-refractivity contribution in [1.29, 1.82) is 0 Å². The molecule has 0 aliphatic rings. The minimum Gasteiger partial charge on any atom is -0.485 e. The molecule has 0 aliphatic carbocycles. The number of hydrogen-bond donors (Lipinski definition) is 2. The van der Waals surface area contributed by atoms with Crippen LogP contribution in [-0.4, -0.2) is 9.97 Å². The molecule has 0 fully saturated rings. The summed E-state index contributed by atoms with van der Waals surface area (Å²) in [5.74, 6) is 1.50. The molecule has 33 heavy (non-hydrogen) atoms. The highest BCUT2D eigenvalue weighted by Gasteiger charge is 2.20. The molecule has 0 bridgehead atoms. The summed E-state index contributed by atoms with van der Waals surface area (Å²) in [6, 6.07) is 34.8. The molecule has 3 aromatic carbocycles. The molecule has 0 unspecified atom stereocenters. The smallest absolute Gasteiger partial charge is 0.162 e. The number of benzene rings is 3. The van der Waals surface area contributed by atoms with Crippen molar-refractivity contribution >= 4 is 0 Å². The Hall–Kier alpha value is -4.18. The fraction of sp³-hybridized carbons (Fsp3) is 0.103. The fourth-order valence-electron chi connectivity index (χ4n) is 3.98. The summed E-state index contributed by atoms with van der Waals surface area (Å²) < 4.78 is 12.5. The molecule has 5 aromatic rings. The Kier molecular flexibility index (Phi) is 6.25. The van der Waals surface area contributed by atoms with Gasteiger partial charge in [0.05, 0.1) is 5.92 Å². The number of nitrogens with one attached hydrogen (secondary N) is 2. The quantitative estimate of drug-likeness (QED) is 0.272. The molecule has 4 nitrogen and oxygen atoms in total. The predicted octanol–water partition coefficient (Wildman–Crippen LogP) is 6.68. The van der Waals surface area contributed by atoms with Crippen LogP contribution >= 0.6 is 0 Å². The molecule has 0 atom stereocenters. The Morgan fingerprint density at radius 1 is 0.545 bits per heavy atom. The number of hydrogen-bond acceptors (Lipinski definition) is 2. The van der Waals surface area contributed by atoms with Gasteiger partial charge in [0, 0.05) is 23.8 Å². The van der Waals surface area contributed by atoms with Gasteiger partial charge in [0.25, 0.3) is 0 Å². The molecule has 0 saturated carbocycles. The van der Waals surface area contributed by atoms with Gasteiger partial charge in [-0.25, -0.2) is 0 Å². The van der Waals surface area contributed by atoms with Gasteiger partial charge in [0.1, 0.15) is 13.2 Å². The third-order valence-electron chi connectivity index (χ3n) is 5.64. The van der Waals surface area contributed by atoms with E-state index in [-0.39, 0.29) is 5.92 Å². The van der Waals surface area contributed by atoms with Crippen LogP contribution in [0.3, 0.4) is 0 Å². The topological polar surface area (TPSA) is 50.0 Å². The van der Waals surface area contributed by atoms with Crippen molar-refractivity contribution in [3.05, 3.63) is 144 Å². The van der Waals surface area contributed by atoms with E-state index >= 15 is 0 Å². The Balaban J connectivity index is 1.47. The first-order valence-corrected chi connectivity index (χ1v) is 11.1. The van der Waals surface area contributed by atoms with Crippen LogP contribution < -0.4 is 9.47 Å². The third-order valence-corrected chi connectivity index (χ3v) is 5.64. The Morgan fingerprint density at radius 2 is 1.09 bits per heavy atom. The summed E-state index contributed by atoms with van der Waals surface area (Å²) in [4.78, 5) is 6.74. The summed E-state index contributed by atoms with van der Waals surface area (Å²) in [5, 5.41) is 0. The van der Waals surface area contributed by atoms with E-state index in [2.05, 4.69) is 58.5 Å². The number of aromatic nitrogens is 2. The minimum atomic E-state index is 0.0391. The Morgan fingerprint density at radius 3 is 1.61 bits per heavy atom. The van der Waals surface area contributed by atoms with Crippen molar-refractivity contribution in [2.75, 3.05) is 0 Å². The van der Waals surface area contributed by atoms with Gasteiger partial charge in [-0.15, -0.1) is 0 Å². The zero-order valence-electron chi connectivity index (χ0n) is 18.3. The van der Waals surface area contributed by atoms with Crippen molar-refractivity contribution in [2.45, 2.75) is 19.1 Å². The van der Waals surface area contributed by atoms with Gasteiger partial charge in [-0.2, -0.15) is 0 Å². The Bertz CT molecular complexity index is 1210. The molecule has 0 radical (unpaired) electrons. The molecule has 5 rings (SSSR count). The molecule has 2 heterocycles. The monoisotopic (exact) mass is 434 g/mol. The van der Waals surface area contributed by atoms with Crippen LogP contribution in [0.5, 0.6) is 11.5 Å². The average molecular weight is 435 g/mol. The minimum absolute atomic E-state index is 0.0391. The fourth-order valence-corrected chi connectivity index (χ4v) is 3.98. The van der Waals surface area contributed by atoms with E-state index in [1.54, 1.807) is 0 Å². The molecule has 0 spiro atoms. The highest BCUT2D eigenvalue weighted by Crippen LogP contribution is 2.37. The lowest BCUT2D eigenvalue weighted by molar-refractivity contribution is 0.255. The molecule has 0 amide bonds. The Labute approximate surface area is 193 Å². The normalized spacial score (nSPS) is 10.9. The second-order valence-corrected chi connectivity index (χ2v) is 7.94. The van der Waals surface area contributed by atoms with Gasteiger partial charge in [-0.05, 0) is 53.1 Å². The number of rotatable bonds is 9. The maximum Gasteiger partial charge on any atom is 0.162 e. The van der Waals surface area contributed by atoms with Gasteiger partial charge >= 0.3 is 0 Å². The highest BCUT2D eigenvalue weighted by atomic mass is 16.5. The summed E-state index contributed by atoms with van der Waals surface area (Å²) in [5.41, 5.74) is 5.58. The maximum absolute atomic E-state index is 6.29. The van der Waals surface area contributed by atoms with Crippen LogP contribution in [0, 0.1) is 0 Å². The number of ether oxygens (including phenoxy) is 2. The largest absolute Gasteiger partial charge is 0.485 e. The van der Waals surface area contributed by atoms with E-state index < -0.39 is 0 Å². The van der Waals surface area contributed by atoms with Crippen LogP contribution in [0.2, 0.25) is 0 Å². The van der Waals surface area contributed by atoms with Gasteiger partial charge in [0.15, 0.2) is 11.5 Å². The van der Waals surface area contributed by atoms with E-state index in [0.717, 1.165) is 39.6 Å². The number of H-pyrrole nitrogens is 2. The maximum atomic E-state index is 6.29. The van der Waals surface area contributed by atoms with Crippen LogP contribution in [0.4, 0.5) is 0 Å². The summed E-state index contributed by atoms with van der Waals surface area (Å²) in [7, 11) is 0. The molecule has 164 valence electrons.